The summed E-state index contributed by atoms with van der Waals surface area (Å²) in [5, 5.41) is 5.79. The molecule has 2 aliphatic rings. The number of carbonyl (C=O) groups is 4. The summed E-state index contributed by atoms with van der Waals surface area (Å²) in [6.07, 6.45) is 2.34. The van der Waals surface area contributed by atoms with Crippen molar-refractivity contribution >= 4 is 23.8 Å². The van der Waals surface area contributed by atoms with Crippen LogP contribution in [0.3, 0.4) is 0 Å². The molecule has 2 heterocycles. The molecule has 196 valence electrons. The highest BCUT2D eigenvalue weighted by atomic mass is 16.5. The lowest BCUT2D eigenvalue weighted by atomic mass is 10.0. The number of nitrogens with zero attached hydrogens (tertiary/aromatic N) is 2. The summed E-state index contributed by atoms with van der Waals surface area (Å²) in [6, 6.07) is 16.7. The van der Waals surface area contributed by atoms with Gasteiger partial charge in [-0.3, -0.25) is 24.7 Å². The molecule has 0 radical (unpaired) electrons. The van der Waals surface area contributed by atoms with Crippen molar-refractivity contribution in [3.63, 3.8) is 0 Å². The van der Waals surface area contributed by atoms with E-state index in [1.807, 2.05) is 60.7 Å². The summed E-state index contributed by atoms with van der Waals surface area (Å²) in [6.45, 7) is 0.478. The summed E-state index contributed by atoms with van der Waals surface area (Å²) < 4.78 is 10.5. The molecule has 2 aromatic rings. The van der Waals surface area contributed by atoms with Crippen LogP contribution in [0.5, 0.6) is 0 Å². The summed E-state index contributed by atoms with van der Waals surface area (Å²) in [5.74, 6) is -1.67. The predicted octanol–water partition coefficient (Wildman–Crippen LogP) is 2.39. The maximum Gasteiger partial charge on any atom is 0.330 e. The first-order valence-corrected chi connectivity index (χ1v) is 12.7. The molecule has 0 aliphatic carbocycles. The zero-order chi connectivity index (χ0) is 26.2. The molecule has 0 bridgehead atoms. The number of hydrogen-bond acceptors (Lipinski definition) is 7. The second-order valence-electron chi connectivity index (χ2n) is 9.31. The lowest BCUT2D eigenvalue weighted by molar-refractivity contribution is -0.182. The van der Waals surface area contributed by atoms with Crippen molar-refractivity contribution in [1.82, 2.24) is 15.3 Å². The molecular weight excluding hydrogens is 474 g/mol. The van der Waals surface area contributed by atoms with Crippen LogP contribution >= 0.6 is 0 Å². The number of amides is 2. The molecule has 0 saturated carbocycles. The van der Waals surface area contributed by atoms with Gasteiger partial charge in [-0.1, -0.05) is 60.7 Å². The van der Waals surface area contributed by atoms with Crippen molar-refractivity contribution in [3.8, 4) is 0 Å². The van der Waals surface area contributed by atoms with E-state index in [0.29, 0.717) is 32.2 Å². The standard InChI is InChI=1S/C28H33N3O6/c1-36-28(35)24-13-8-18-30-25(32)17-16-22(26(33)31(24)30)29-23(15-14-20-9-4-2-5-10-20)27(34)37-19-21-11-6-3-7-12-21/h2-7,9-12,22-24,29H,8,13-19H2,1H3/t22-,23-,24-/m0/s1. The second kappa shape index (κ2) is 12.5. The largest absolute Gasteiger partial charge is 0.467 e. The van der Waals surface area contributed by atoms with E-state index in [9.17, 15) is 19.2 Å². The van der Waals surface area contributed by atoms with Crippen molar-refractivity contribution in [2.75, 3.05) is 13.7 Å². The van der Waals surface area contributed by atoms with Gasteiger partial charge < -0.3 is 9.47 Å². The van der Waals surface area contributed by atoms with Gasteiger partial charge in [-0.2, -0.15) is 0 Å². The van der Waals surface area contributed by atoms with Crippen LogP contribution in [0.2, 0.25) is 0 Å². The van der Waals surface area contributed by atoms with Gasteiger partial charge in [-0.05, 0) is 43.2 Å². The molecule has 0 spiro atoms. The van der Waals surface area contributed by atoms with Crippen molar-refractivity contribution in [2.45, 2.75) is 63.3 Å². The predicted molar refractivity (Wildman–Crippen MR) is 135 cm³/mol. The van der Waals surface area contributed by atoms with Crippen LogP contribution in [-0.2, 0) is 41.7 Å². The highest BCUT2D eigenvalue weighted by molar-refractivity contribution is 5.92. The Kier molecular flexibility index (Phi) is 8.90. The van der Waals surface area contributed by atoms with Crippen LogP contribution in [0, 0.1) is 0 Å². The number of nitrogens with one attached hydrogen (secondary N) is 1. The van der Waals surface area contributed by atoms with Gasteiger partial charge in [0.25, 0.3) is 5.91 Å². The summed E-state index contributed by atoms with van der Waals surface area (Å²) >= 11 is 0. The van der Waals surface area contributed by atoms with E-state index in [0.717, 1.165) is 11.1 Å². The molecule has 3 atom stereocenters. The van der Waals surface area contributed by atoms with Gasteiger partial charge in [0, 0.05) is 13.0 Å². The van der Waals surface area contributed by atoms with Crippen molar-refractivity contribution in [2.24, 2.45) is 0 Å². The lowest BCUT2D eigenvalue weighted by Gasteiger charge is -2.42. The third-order valence-electron chi connectivity index (χ3n) is 6.81. The Morgan fingerprint density at radius 3 is 2.35 bits per heavy atom. The Hall–Kier alpha value is -3.72. The first-order valence-electron chi connectivity index (χ1n) is 12.7. The zero-order valence-corrected chi connectivity index (χ0v) is 21.0. The number of hydrogen-bond donors (Lipinski definition) is 1. The minimum Gasteiger partial charge on any atom is -0.467 e. The van der Waals surface area contributed by atoms with Gasteiger partial charge >= 0.3 is 11.9 Å². The van der Waals surface area contributed by atoms with E-state index in [-0.39, 0.29) is 25.4 Å². The van der Waals surface area contributed by atoms with E-state index in [4.69, 9.17) is 9.47 Å². The van der Waals surface area contributed by atoms with Crippen LogP contribution in [0.1, 0.15) is 43.2 Å². The fraction of sp³-hybridized carbons (Fsp3) is 0.429. The summed E-state index contributed by atoms with van der Waals surface area (Å²) in [7, 11) is 1.27. The molecule has 2 saturated heterocycles. The number of rotatable bonds is 9. The first-order chi connectivity index (χ1) is 18.0. The number of carbonyl (C=O) groups excluding carboxylic acids is 4. The van der Waals surface area contributed by atoms with E-state index in [2.05, 4.69) is 5.32 Å². The number of hydrazine groups is 1. The molecule has 0 unspecified atom stereocenters. The molecule has 1 N–H and O–H groups in total. The molecular formula is C28H33N3O6. The van der Waals surface area contributed by atoms with Crippen LogP contribution in [0.4, 0.5) is 0 Å². The van der Waals surface area contributed by atoms with Crippen molar-refractivity contribution in [3.05, 3.63) is 71.8 Å². The van der Waals surface area contributed by atoms with Crippen LogP contribution in [0.15, 0.2) is 60.7 Å². The van der Waals surface area contributed by atoms with Gasteiger partial charge in [0.05, 0.1) is 13.2 Å². The molecule has 2 fully saturated rings. The Balaban J connectivity index is 1.52. The molecule has 9 heteroatoms. The van der Waals surface area contributed by atoms with E-state index in [1.165, 1.54) is 17.1 Å². The fourth-order valence-electron chi connectivity index (χ4n) is 4.84. The maximum atomic E-state index is 13.7. The van der Waals surface area contributed by atoms with Gasteiger partial charge in [-0.15, -0.1) is 0 Å². The Labute approximate surface area is 216 Å². The number of methoxy groups -OCH3 is 1. The maximum absolute atomic E-state index is 13.7. The third kappa shape index (κ3) is 6.54. The number of fused-ring (bicyclic) bond motifs is 1. The van der Waals surface area contributed by atoms with Gasteiger partial charge in [0.2, 0.25) is 5.91 Å². The van der Waals surface area contributed by atoms with Gasteiger partial charge in [0.15, 0.2) is 6.04 Å². The fourth-order valence-corrected chi connectivity index (χ4v) is 4.84. The zero-order valence-electron chi connectivity index (χ0n) is 21.0. The Morgan fingerprint density at radius 2 is 1.68 bits per heavy atom. The van der Waals surface area contributed by atoms with Crippen LogP contribution < -0.4 is 5.32 Å². The number of aryl methyl sites for hydroxylation is 1. The molecule has 4 rings (SSSR count). The van der Waals surface area contributed by atoms with E-state index >= 15 is 0 Å². The third-order valence-corrected chi connectivity index (χ3v) is 6.81. The molecule has 2 aliphatic heterocycles. The van der Waals surface area contributed by atoms with Crippen molar-refractivity contribution < 1.29 is 28.7 Å². The second-order valence-corrected chi connectivity index (χ2v) is 9.31. The molecule has 2 aromatic carbocycles. The monoisotopic (exact) mass is 507 g/mol. The number of esters is 2. The Morgan fingerprint density at radius 1 is 1.00 bits per heavy atom. The highest BCUT2D eigenvalue weighted by Gasteiger charge is 2.45. The topological polar surface area (TPSA) is 105 Å². The number of ether oxygens (including phenoxy) is 2. The van der Waals surface area contributed by atoms with Gasteiger partial charge in [0.1, 0.15) is 12.6 Å². The quantitative estimate of drug-likeness (QED) is 0.520. The van der Waals surface area contributed by atoms with Crippen LogP contribution in [-0.4, -0.2) is 65.6 Å². The lowest BCUT2D eigenvalue weighted by Crippen LogP contribution is -2.63. The highest BCUT2D eigenvalue weighted by Crippen LogP contribution is 2.26. The molecule has 2 amide bonds. The molecule has 9 nitrogen and oxygen atoms in total. The van der Waals surface area contributed by atoms with E-state index < -0.39 is 36.0 Å². The van der Waals surface area contributed by atoms with Crippen molar-refractivity contribution in [1.29, 1.82) is 0 Å². The summed E-state index contributed by atoms with van der Waals surface area (Å²) in [4.78, 5) is 52.2. The average molecular weight is 508 g/mol. The molecule has 37 heavy (non-hydrogen) atoms. The number of benzene rings is 2. The van der Waals surface area contributed by atoms with Crippen LogP contribution in [0.25, 0.3) is 0 Å². The molecule has 0 aromatic heterocycles. The minimum absolute atomic E-state index is 0.116. The average Bonchev–Trinajstić information content (AvgIpc) is 3.06. The smallest absolute Gasteiger partial charge is 0.330 e. The first kappa shape index (κ1) is 26.3. The minimum atomic E-state index is -0.870. The SMILES string of the molecule is COC(=O)[C@@H]1CCCN2C(=O)CC[C@H](N[C@@H](CCc3ccccc3)C(=O)OCc3ccccc3)C(=O)N12. The Bertz CT molecular complexity index is 1090. The normalized spacial score (nSPS) is 20.6. The van der Waals surface area contributed by atoms with E-state index in [1.54, 1.807) is 0 Å². The van der Waals surface area contributed by atoms with Gasteiger partial charge in [-0.25, -0.2) is 9.80 Å². The summed E-state index contributed by atoms with van der Waals surface area (Å²) in [5.41, 5.74) is 1.92.